The molecule has 2 N–H and O–H groups in total. The molecule has 2 amide bonds. The second-order valence-corrected chi connectivity index (χ2v) is 6.85. The zero-order valence-corrected chi connectivity index (χ0v) is 11.3. The highest BCUT2D eigenvalue weighted by Crippen LogP contribution is 2.26. The Kier molecular flexibility index (Phi) is 3.87. The van der Waals surface area contributed by atoms with E-state index in [1.807, 2.05) is 0 Å². The molecule has 1 aliphatic carbocycles. The number of rotatable bonds is 3. The van der Waals surface area contributed by atoms with Crippen LogP contribution in [0.2, 0.25) is 0 Å². The first-order valence-corrected chi connectivity index (χ1v) is 6.27. The Morgan fingerprint density at radius 3 is 2.12 bits per heavy atom. The van der Waals surface area contributed by atoms with Crippen LogP contribution >= 0.6 is 0 Å². The van der Waals surface area contributed by atoms with Gasteiger partial charge < -0.3 is 10.6 Å². The molecule has 0 unspecified atom stereocenters. The van der Waals surface area contributed by atoms with E-state index in [4.69, 9.17) is 0 Å². The molecule has 0 heterocycles. The minimum absolute atomic E-state index is 0.0149. The van der Waals surface area contributed by atoms with Crippen molar-refractivity contribution in [3.05, 3.63) is 0 Å². The average molecular weight is 226 g/mol. The van der Waals surface area contributed by atoms with Gasteiger partial charge in [0.2, 0.25) is 0 Å². The van der Waals surface area contributed by atoms with E-state index in [1.54, 1.807) is 0 Å². The standard InChI is InChI=1S/C13H26N2O/c1-12(2,3)9-13(4,5)15-11(16)14-10-7-6-8-10/h10H,6-9H2,1-5H3,(H2,14,15,16). The van der Waals surface area contributed by atoms with Crippen LogP contribution in [0.15, 0.2) is 0 Å². The zero-order chi connectivity index (χ0) is 12.4. The van der Waals surface area contributed by atoms with Crippen molar-refractivity contribution in [2.75, 3.05) is 0 Å². The number of hydrogen-bond acceptors (Lipinski definition) is 1. The third-order valence-corrected chi connectivity index (χ3v) is 2.86. The highest BCUT2D eigenvalue weighted by Gasteiger charge is 2.28. The quantitative estimate of drug-likeness (QED) is 0.763. The summed E-state index contributed by atoms with van der Waals surface area (Å²) in [6.45, 7) is 10.7. The predicted octanol–water partition coefficient (Wildman–Crippen LogP) is 3.05. The lowest BCUT2D eigenvalue weighted by Crippen LogP contribution is -2.53. The van der Waals surface area contributed by atoms with E-state index in [2.05, 4.69) is 45.3 Å². The van der Waals surface area contributed by atoms with Gasteiger partial charge in [-0.3, -0.25) is 0 Å². The molecule has 1 rings (SSSR count). The molecule has 0 spiro atoms. The van der Waals surface area contributed by atoms with Gasteiger partial charge in [-0.05, 0) is 44.9 Å². The Balaban J connectivity index is 2.35. The Labute approximate surface area is 99.4 Å². The van der Waals surface area contributed by atoms with Crippen LogP contribution in [0.25, 0.3) is 0 Å². The topological polar surface area (TPSA) is 41.1 Å². The molecule has 0 atom stereocenters. The number of nitrogens with one attached hydrogen (secondary N) is 2. The number of carbonyl (C=O) groups is 1. The summed E-state index contributed by atoms with van der Waals surface area (Å²) in [5, 5.41) is 6.07. The molecular formula is C13H26N2O. The number of urea groups is 1. The van der Waals surface area contributed by atoms with Crippen molar-refractivity contribution in [2.24, 2.45) is 5.41 Å². The SMILES string of the molecule is CC(C)(C)CC(C)(C)NC(=O)NC1CCC1. The fraction of sp³-hybridized carbons (Fsp3) is 0.923. The van der Waals surface area contributed by atoms with E-state index >= 15 is 0 Å². The highest BCUT2D eigenvalue weighted by atomic mass is 16.2. The van der Waals surface area contributed by atoms with Gasteiger partial charge in [-0.1, -0.05) is 20.8 Å². The van der Waals surface area contributed by atoms with Crippen LogP contribution in [0.4, 0.5) is 4.79 Å². The first-order chi connectivity index (χ1) is 7.18. The Morgan fingerprint density at radius 1 is 1.19 bits per heavy atom. The maximum absolute atomic E-state index is 11.7. The average Bonchev–Trinajstić information content (AvgIpc) is 1.90. The van der Waals surface area contributed by atoms with Crippen LogP contribution in [0, 0.1) is 5.41 Å². The molecule has 3 nitrogen and oxygen atoms in total. The maximum atomic E-state index is 11.7. The van der Waals surface area contributed by atoms with Gasteiger partial charge in [-0.15, -0.1) is 0 Å². The molecule has 3 heteroatoms. The van der Waals surface area contributed by atoms with Crippen LogP contribution in [-0.4, -0.2) is 17.6 Å². The number of hydrogen-bond donors (Lipinski definition) is 2. The molecular weight excluding hydrogens is 200 g/mol. The van der Waals surface area contributed by atoms with Crippen LogP contribution in [0.1, 0.15) is 60.3 Å². The second kappa shape index (κ2) is 4.64. The van der Waals surface area contributed by atoms with Gasteiger partial charge in [0.15, 0.2) is 0 Å². The van der Waals surface area contributed by atoms with Gasteiger partial charge in [0.05, 0.1) is 0 Å². The molecule has 0 aromatic rings. The summed E-state index contributed by atoms with van der Waals surface area (Å²) in [6, 6.07) is 0.393. The highest BCUT2D eigenvalue weighted by molar-refractivity contribution is 5.75. The Bertz CT molecular complexity index is 249. The molecule has 0 saturated heterocycles. The molecule has 0 bridgehead atoms. The van der Waals surface area contributed by atoms with E-state index < -0.39 is 0 Å². The largest absolute Gasteiger partial charge is 0.335 e. The molecule has 0 radical (unpaired) electrons. The maximum Gasteiger partial charge on any atom is 0.315 e. The predicted molar refractivity (Wildman–Crippen MR) is 67.5 cm³/mol. The Morgan fingerprint density at radius 2 is 1.75 bits per heavy atom. The van der Waals surface area contributed by atoms with E-state index in [0.29, 0.717) is 6.04 Å². The molecule has 1 saturated carbocycles. The van der Waals surface area contributed by atoms with Crippen molar-refractivity contribution < 1.29 is 4.79 Å². The van der Waals surface area contributed by atoms with Crippen LogP contribution in [0.3, 0.4) is 0 Å². The lowest BCUT2D eigenvalue weighted by molar-refractivity contribution is 0.201. The molecule has 1 fully saturated rings. The molecule has 94 valence electrons. The number of amides is 2. The fourth-order valence-electron chi connectivity index (χ4n) is 2.45. The summed E-state index contributed by atoms with van der Waals surface area (Å²) in [6.07, 6.45) is 4.48. The van der Waals surface area contributed by atoms with Crippen molar-refractivity contribution >= 4 is 6.03 Å². The minimum atomic E-state index is -0.147. The van der Waals surface area contributed by atoms with Gasteiger partial charge in [0.1, 0.15) is 0 Å². The smallest absolute Gasteiger partial charge is 0.315 e. The first-order valence-electron chi connectivity index (χ1n) is 6.27. The van der Waals surface area contributed by atoms with Crippen LogP contribution < -0.4 is 10.6 Å². The van der Waals surface area contributed by atoms with Crippen LogP contribution in [0.5, 0.6) is 0 Å². The summed E-state index contributed by atoms with van der Waals surface area (Å²) in [5.74, 6) is 0. The van der Waals surface area contributed by atoms with Crippen molar-refractivity contribution in [2.45, 2.75) is 71.9 Å². The van der Waals surface area contributed by atoms with Crippen molar-refractivity contribution in [3.63, 3.8) is 0 Å². The molecule has 0 aliphatic heterocycles. The summed E-state index contributed by atoms with van der Waals surface area (Å²) in [7, 11) is 0. The fourth-order valence-corrected chi connectivity index (χ4v) is 2.45. The molecule has 0 aromatic heterocycles. The third-order valence-electron chi connectivity index (χ3n) is 2.86. The molecule has 16 heavy (non-hydrogen) atoms. The summed E-state index contributed by atoms with van der Waals surface area (Å²) < 4.78 is 0. The third kappa shape index (κ3) is 4.86. The van der Waals surface area contributed by atoms with E-state index in [9.17, 15) is 4.79 Å². The van der Waals surface area contributed by atoms with Gasteiger partial charge in [0, 0.05) is 11.6 Å². The van der Waals surface area contributed by atoms with Gasteiger partial charge >= 0.3 is 6.03 Å². The van der Waals surface area contributed by atoms with E-state index in [1.165, 1.54) is 6.42 Å². The van der Waals surface area contributed by atoms with Crippen molar-refractivity contribution in [1.29, 1.82) is 0 Å². The first kappa shape index (κ1) is 13.3. The van der Waals surface area contributed by atoms with E-state index in [-0.39, 0.29) is 17.0 Å². The lowest BCUT2D eigenvalue weighted by Gasteiger charge is -2.35. The minimum Gasteiger partial charge on any atom is -0.335 e. The van der Waals surface area contributed by atoms with Gasteiger partial charge in [-0.2, -0.15) is 0 Å². The van der Waals surface area contributed by atoms with Gasteiger partial charge in [0.25, 0.3) is 0 Å². The summed E-state index contributed by atoms with van der Waals surface area (Å²) in [4.78, 5) is 11.7. The normalized spacial score (nSPS) is 17.8. The molecule has 0 aromatic carbocycles. The second-order valence-electron chi connectivity index (χ2n) is 6.85. The lowest BCUT2D eigenvalue weighted by atomic mass is 9.82. The zero-order valence-electron chi connectivity index (χ0n) is 11.3. The van der Waals surface area contributed by atoms with Crippen molar-refractivity contribution in [3.8, 4) is 0 Å². The Hall–Kier alpha value is -0.730. The van der Waals surface area contributed by atoms with Gasteiger partial charge in [-0.25, -0.2) is 4.79 Å². The van der Waals surface area contributed by atoms with Crippen LogP contribution in [-0.2, 0) is 0 Å². The summed E-state index contributed by atoms with van der Waals surface area (Å²) >= 11 is 0. The van der Waals surface area contributed by atoms with Crippen molar-refractivity contribution in [1.82, 2.24) is 10.6 Å². The van der Waals surface area contributed by atoms with E-state index in [0.717, 1.165) is 19.3 Å². The number of carbonyl (C=O) groups excluding carboxylic acids is 1. The molecule has 1 aliphatic rings. The monoisotopic (exact) mass is 226 g/mol. The summed E-state index contributed by atoms with van der Waals surface area (Å²) in [5.41, 5.74) is 0.0827.